The van der Waals surface area contributed by atoms with Crippen molar-refractivity contribution in [1.82, 2.24) is 36.1 Å². The molecule has 2 rings (SSSR count). The number of carboxylic acid groups (broad SMARTS) is 1. The molecule has 1 aromatic heterocycles. The molecule has 60 heavy (non-hydrogen) atoms. The molecule has 24 nitrogen and oxygen atoms in total. The number of ether oxygens (including phenoxy) is 1. The number of carbonyl (C=O) groups is 7. The molecule has 336 valence electrons. The summed E-state index contributed by atoms with van der Waals surface area (Å²) in [6, 6.07) is -4.48. The number of carbonyl (C=O) groups excluding carboxylic acids is 6. The van der Waals surface area contributed by atoms with E-state index in [1.165, 1.54) is 6.92 Å². The Kier molecular flexibility index (Phi) is 19.9. The van der Waals surface area contributed by atoms with Gasteiger partial charge in [-0.1, -0.05) is 20.8 Å². The van der Waals surface area contributed by atoms with E-state index < -0.39 is 120 Å². The van der Waals surface area contributed by atoms with Crippen LogP contribution in [0.1, 0.15) is 78.9 Å². The second-order valence-electron chi connectivity index (χ2n) is 15.1. The molecule has 1 fully saturated rings. The molecule has 1 aliphatic rings. The van der Waals surface area contributed by atoms with Crippen molar-refractivity contribution < 1.29 is 63.1 Å². The lowest BCUT2D eigenvalue weighted by atomic mass is 9.91. The predicted octanol–water partition coefficient (Wildman–Crippen LogP) is -4.23. The van der Waals surface area contributed by atoms with Crippen LogP contribution in [0.15, 0.2) is 16.0 Å². The van der Waals surface area contributed by atoms with Gasteiger partial charge < -0.3 is 68.5 Å². The monoisotopic (exact) mass is 857 g/mol. The van der Waals surface area contributed by atoms with Crippen LogP contribution in [-0.4, -0.2) is 140 Å². The Balaban J connectivity index is 2.14. The summed E-state index contributed by atoms with van der Waals surface area (Å²) >= 11 is 0. The number of hydrogen-bond acceptors (Lipinski definition) is 14. The topological polar surface area (TPSA) is 381 Å². The van der Waals surface area contributed by atoms with E-state index in [0.29, 0.717) is 17.2 Å². The molecule has 2 heterocycles. The Hall–Kier alpha value is -5.79. The molecule has 0 aliphatic carbocycles. The molecular weight excluding hydrogens is 801 g/mol. The first kappa shape index (κ1) is 50.4. The number of aliphatic imine (C=N–C) groups is 1. The molecule has 0 bridgehead atoms. The molecule has 14 N–H and O–H groups in total. The molecule has 0 spiro atoms. The Labute approximate surface area is 343 Å². The summed E-state index contributed by atoms with van der Waals surface area (Å²) in [6.07, 6.45) is -5.89. The number of unbranched alkanes of at least 4 members (excludes halogenated alkanes) is 1. The Morgan fingerprint density at radius 2 is 1.53 bits per heavy atom. The number of hydrogen-bond donors (Lipinski definition) is 12. The third-order valence-electron chi connectivity index (χ3n) is 8.62. The molecule has 0 saturated carbocycles. The maximum absolute atomic E-state index is 15.2. The summed E-state index contributed by atoms with van der Waals surface area (Å²) in [5, 5.41) is 53.3. The zero-order valence-corrected chi connectivity index (χ0v) is 33.7. The van der Waals surface area contributed by atoms with Crippen LogP contribution in [0.25, 0.3) is 0 Å². The smallest absolute Gasteiger partial charge is 0.351 e. The van der Waals surface area contributed by atoms with Gasteiger partial charge in [0.1, 0.15) is 36.4 Å². The van der Waals surface area contributed by atoms with Crippen molar-refractivity contribution in [2.45, 2.75) is 115 Å². The van der Waals surface area contributed by atoms with E-state index in [0.717, 1.165) is 0 Å². The van der Waals surface area contributed by atoms with Crippen LogP contribution in [0, 0.1) is 11.2 Å². The van der Waals surface area contributed by atoms with Gasteiger partial charge in [-0.2, -0.15) is 4.98 Å². The minimum atomic E-state index is -1.87. The minimum absolute atomic E-state index is 0.0791. The Bertz CT molecular complexity index is 1780. The number of carboxylic acids is 1. The number of nitrogens with one attached hydrogen (secondary N) is 6. The highest BCUT2D eigenvalue weighted by Crippen LogP contribution is 2.28. The van der Waals surface area contributed by atoms with Crippen molar-refractivity contribution in [2.24, 2.45) is 21.9 Å². The third-order valence-corrected chi connectivity index (χ3v) is 8.62. The summed E-state index contributed by atoms with van der Waals surface area (Å²) < 4.78 is 20.9. The largest absolute Gasteiger partial charge is 0.480 e. The summed E-state index contributed by atoms with van der Waals surface area (Å²) in [7, 11) is 0. The average Bonchev–Trinajstić information content (AvgIpc) is 3.43. The highest BCUT2D eigenvalue weighted by molar-refractivity contribution is 5.97. The number of rotatable bonds is 23. The fraction of sp³-hybridized carbons (Fsp3) is 0.657. The van der Waals surface area contributed by atoms with E-state index in [1.54, 1.807) is 0 Å². The molecule has 0 aromatic carbocycles. The molecule has 1 saturated heterocycles. The molecule has 25 heteroatoms. The quantitative estimate of drug-likeness (QED) is 0.0282. The number of amides is 6. The minimum Gasteiger partial charge on any atom is -0.480 e. The van der Waals surface area contributed by atoms with Crippen LogP contribution < -0.4 is 49.1 Å². The van der Waals surface area contributed by atoms with E-state index in [2.05, 4.69) is 41.9 Å². The van der Waals surface area contributed by atoms with Crippen LogP contribution >= 0.6 is 0 Å². The number of nitrogens with two attached hydrogens (primary N) is 2. The summed E-state index contributed by atoms with van der Waals surface area (Å²) in [5.74, 6) is -8.74. The first-order valence-electron chi connectivity index (χ1n) is 18.9. The predicted molar refractivity (Wildman–Crippen MR) is 208 cm³/mol. The molecular formula is C35H56FN11O13. The number of halogens is 1. The molecule has 4 unspecified atom stereocenters. The van der Waals surface area contributed by atoms with Gasteiger partial charge in [-0.25, -0.2) is 14.0 Å². The normalized spacial score (nSPS) is 18.9. The van der Waals surface area contributed by atoms with E-state index in [-0.39, 0.29) is 57.1 Å². The van der Waals surface area contributed by atoms with Gasteiger partial charge in [-0.3, -0.25) is 38.3 Å². The van der Waals surface area contributed by atoms with Gasteiger partial charge in [0, 0.05) is 26.4 Å². The number of nitrogens with zero attached hydrogens (tertiary/aromatic N) is 3. The summed E-state index contributed by atoms with van der Waals surface area (Å²) in [5.41, 5.74) is 9.02. The number of aromatic nitrogens is 2. The maximum Gasteiger partial charge on any atom is 0.351 e. The van der Waals surface area contributed by atoms with Crippen LogP contribution in [-0.2, 0) is 38.3 Å². The van der Waals surface area contributed by atoms with Crippen molar-refractivity contribution in [3.8, 4) is 0 Å². The van der Waals surface area contributed by atoms with Crippen LogP contribution in [0.4, 0.5) is 10.2 Å². The SMILES string of the molecule is CC(=O)NCCCCC(NC(=O)CC(NC(=O)CNC(=O)C(CCCN=C(N)N)NC(=O)CC(C)(C)C)C(=O)O)C(=O)Nc1nc(=O)n([C@@H]2O[C@H](CO)C(O)[C@@H]2O)cc1F. The van der Waals surface area contributed by atoms with E-state index in [1.807, 2.05) is 20.8 Å². The number of guanidine groups is 1. The first-order valence-corrected chi connectivity index (χ1v) is 18.9. The molecule has 1 aromatic rings. The van der Waals surface area contributed by atoms with Crippen LogP contribution in [0.2, 0.25) is 0 Å². The Morgan fingerprint density at radius 3 is 2.12 bits per heavy atom. The average molecular weight is 858 g/mol. The zero-order valence-electron chi connectivity index (χ0n) is 33.7. The van der Waals surface area contributed by atoms with Gasteiger partial charge in [0.2, 0.25) is 35.4 Å². The second kappa shape index (κ2) is 23.7. The molecule has 7 atom stereocenters. The van der Waals surface area contributed by atoms with Crippen molar-refractivity contribution in [2.75, 3.05) is 31.6 Å². The van der Waals surface area contributed by atoms with Crippen molar-refractivity contribution in [1.29, 1.82) is 0 Å². The van der Waals surface area contributed by atoms with Crippen LogP contribution in [0.5, 0.6) is 0 Å². The first-order chi connectivity index (χ1) is 28.0. The van der Waals surface area contributed by atoms with E-state index in [4.69, 9.17) is 16.2 Å². The number of aliphatic hydroxyl groups excluding tert-OH is 3. The highest BCUT2D eigenvalue weighted by Gasteiger charge is 2.44. The van der Waals surface area contributed by atoms with Crippen molar-refractivity contribution in [3.63, 3.8) is 0 Å². The van der Waals surface area contributed by atoms with Gasteiger partial charge in [-0.05, 0) is 37.5 Å². The van der Waals surface area contributed by atoms with Crippen LogP contribution in [0.3, 0.4) is 0 Å². The Morgan fingerprint density at radius 1 is 0.917 bits per heavy atom. The number of aliphatic carboxylic acids is 1. The van der Waals surface area contributed by atoms with Crippen molar-refractivity contribution >= 4 is 53.2 Å². The van der Waals surface area contributed by atoms with E-state index in [9.17, 15) is 58.8 Å². The molecule has 6 amide bonds. The number of anilines is 1. The highest BCUT2D eigenvalue weighted by atomic mass is 19.1. The lowest BCUT2D eigenvalue weighted by molar-refractivity contribution is -0.143. The lowest BCUT2D eigenvalue weighted by Crippen LogP contribution is -2.52. The van der Waals surface area contributed by atoms with Gasteiger partial charge in [0.25, 0.3) is 0 Å². The molecule has 1 aliphatic heterocycles. The second-order valence-corrected chi connectivity index (χ2v) is 15.1. The van der Waals surface area contributed by atoms with Gasteiger partial charge in [-0.15, -0.1) is 0 Å². The van der Waals surface area contributed by atoms with Gasteiger partial charge in [0.05, 0.1) is 25.8 Å². The van der Waals surface area contributed by atoms with Crippen molar-refractivity contribution in [3.05, 3.63) is 22.5 Å². The standard InChI is InChI=1S/C35H56FN11O13/c1-17(49)39-10-6-5-8-20(30(56)45-28-18(36)15-47(34(59)46-28)31-27(54)26(53)22(16-48)60-31)42-23(50)12-21(32(57)58)44-25(52)14-41-29(55)19(9-7-11-40-33(37)38)43-24(51)13-35(2,3)4/h15,19-22,26-27,31,48,53-54H,5-14,16H2,1-4H3,(H,39,49)(H,41,55)(H,42,50)(H,43,51)(H,44,52)(H,57,58)(H4,37,38,40)(H,45,46,56,59)/t19?,20?,21?,22-,26?,27+,31-/m1/s1. The summed E-state index contributed by atoms with van der Waals surface area (Å²) in [4.78, 5) is 108. The summed E-state index contributed by atoms with van der Waals surface area (Å²) in [6.45, 7) is 5.60. The fourth-order valence-electron chi connectivity index (χ4n) is 5.71. The fourth-order valence-corrected chi connectivity index (χ4v) is 5.71. The molecule has 0 radical (unpaired) electrons. The van der Waals surface area contributed by atoms with E-state index >= 15 is 4.39 Å². The number of aliphatic hydroxyl groups is 3. The maximum atomic E-state index is 15.2. The van der Waals surface area contributed by atoms with Gasteiger partial charge >= 0.3 is 11.7 Å². The lowest BCUT2D eigenvalue weighted by Gasteiger charge is -2.22. The third kappa shape index (κ3) is 17.2. The zero-order chi connectivity index (χ0) is 45.3. The van der Waals surface area contributed by atoms with Gasteiger partial charge in [0.15, 0.2) is 23.8 Å².